The van der Waals surface area contributed by atoms with Crippen molar-refractivity contribution in [2.24, 2.45) is 0 Å². The molecule has 1 fully saturated rings. The summed E-state index contributed by atoms with van der Waals surface area (Å²) in [5.41, 5.74) is 5.55. The predicted octanol–water partition coefficient (Wildman–Crippen LogP) is 1.22. The Hall–Kier alpha value is -0.700. The molecule has 1 unspecified atom stereocenters. The second kappa shape index (κ2) is 4.69. The molecule has 0 aromatic carbocycles. The van der Waals surface area contributed by atoms with E-state index < -0.39 is 15.6 Å². The number of rotatable bonds is 2. The van der Waals surface area contributed by atoms with Gasteiger partial charge in [-0.2, -0.15) is 4.31 Å². The lowest BCUT2D eigenvalue weighted by Gasteiger charge is -2.40. The van der Waals surface area contributed by atoms with Gasteiger partial charge in [0.1, 0.15) is 0 Å². The highest BCUT2D eigenvalue weighted by Crippen LogP contribution is 2.31. The molecule has 0 amide bonds. The van der Waals surface area contributed by atoms with Crippen molar-refractivity contribution in [3.05, 3.63) is 5.69 Å². The van der Waals surface area contributed by atoms with Crippen LogP contribution in [0.1, 0.15) is 26.5 Å². The third kappa shape index (κ3) is 2.91. The van der Waals surface area contributed by atoms with Crippen LogP contribution >= 0.6 is 11.3 Å². The van der Waals surface area contributed by atoms with Gasteiger partial charge in [0.25, 0.3) is 10.0 Å². The molecule has 0 bridgehead atoms. The molecule has 19 heavy (non-hydrogen) atoms. The van der Waals surface area contributed by atoms with Crippen molar-refractivity contribution in [1.82, 2.24) is 9.29 Å². The van der Waals surface area contributed by atoms with E-state index >= 15 is 0 Å². The van der Waals surface area contributed by atoms with E-state index in [1.807, 2.05) is 20.8 Å². The number of aryl methyl sites for hydroxylation is 1. The summed E-state index contributed by atoms with van der Waals surface area (Å²) < 4.78 is 32.7. The fraction of sp³-hybridized carbons (Fsp3) is 0.727. The van der Waals surface area contributed by atoms with Crippen molar-refractivity contribution < 1.29 is 13.2 Å². The Labute approximate surface area is 117 Å². The maximum Gasteiger partial charge on any atom is 0.254 e. The molecule has 1 aliphatic heterocycles. The largest absolute Gasteiger partial charge is 0.375 e. The first kappa shape index (κ1) is 14.7. The van der Waals surface area contributed by atoms with E-state index in [1.165, 1.54) is 4.31 Å². The fourth-order valence-corrected chi connectivity index (χ4v) is 5.44. The summed E-state index contributed by atoms with van der Waals surface area (Å²) >= 11 is 1.01. The smallest absolute Gasteiger partial charge is 0.254 e. The van der Waals surface area contributed by atoms with E-state index in [1.54, 1.807) is 6.92 Å². The van der Waals surface area contributed by atoms with Gasteiger partial charge in [0.15, 0.2) is 9.34 Å². The number of ether oxygens (including phenoxy) is 1. The van der Waals surface area contributed by atoms with Crippen molar-refractivity contribution in [3.63, 3.8) is 0 Å². The molecule has 1 aromatic rings. The van der Waals surface area contributed by atoms with E-state index in [-0.39, 0.29) is 15.4 Å². The van der Waals surface area contributed by atoms with Gasteiger partial charge in [-0.3, -0.25) is 0 Å². The average molecular weight is 305 g/mol. The normalized spacial score (nSPS) is 24.5. The zero-order valence-electron chi connectivity index (χ0n) is 11.5. The molecule has 1 atom stereocenters. The quantitative estimate of drug-likeness (QED) is 0.888. The fourth-order valence-electron chi connectivity index (χ4n) is 2.34. The summed E-state index contributed by atoms with van der Waals surface area (Å²) in [5, 5.41) is 0.275. The van der Waals surface area contributed by atoms with Gasteiger partial charge >= 0.3 is 0 Å². The van der Waals surface area contributed by atoms with E-state index in [0.29, 0.717) is 18.8 Å². The Morgan fingerprint density at radius 2 is 2.16 bits per heavy atom. The van der Waals surface area contributed by atoms with Crippen molar-refractivity contribution in [2.45, 2.75) is 43.6 Å². The highest BCUT2D eigenvalue weighted by Gasteiger charge is 2.39. The van der Waals surface area contributed by atoms with E-state index in [0.717, 1.165) is 11.3 Å². The number of hydrogen-bond acceptors (Lipinski definition) is 6. The van der Waals surface area contributed by atoms with Crippen LogP contribution in [0.15, 0.2) is 4.21 Å². The highest BCUT2D eigenvalue weighted by atomic mass is 32.2. The third-order valence-electron chi connectivity index (χ3n) is 2.88. The topological polar surface area (TPSA) is 85.5 Å². The number of morpholine rings is 1. The number of nitrogens with zero attached hydrogens (tertiary/aromatic N) is 2. The van der Waals surface area contributed by atoms with Crippen LogP contribution in [0, 0.1) is 6.92 Å². The van der Waals surface area contributed by atoms with Gasteiger partial charge in [-0.1, -0.05) is 11.3 Å². The second-order valence-corrected chi connectivity index (χ2v) is 8.57. The monoisotopic (exact) mass is 305 g/mol. The molecule has 1 aromatic heterocycles. The summed E-state index contributed by atoms with van der Waals surface area (Å²) in [4.78, 5) is 3.99. The molecule has 0 radical (unpaired) electrons. The van der Waals surface area contributed by atoms with Gasteiger partial charge in [-0.15, -0.1) is 0 Å². The van der Waals surface area contributed by atoms with Crippen molar-refractivity contribution in [2.75, 3.05) is 18.8 Å². The van der Waals surface area contributed by atoms with Crippen LogP contribution in [0.4, 0.5) is 5.13 Å². The molecule has 2 rings (SSSR count). The van der Waals surface area contributed by atoms with Gasteiger partial charge in [0.05, 0.1) is 17.4 Å². The molecule has 1 aliphatic rings. The SMILES string of the molecule is Cc1nc(N)sc1S(=O)(=O)N1CC(C)OC(C)(C)C1. The summed E-state index contributed by atoms with van der Waals surface area (Å²) in [6.07, 6.45) is -0.135. The number of nitrogens with two attached hydrogens (primary N) is 1. The molecular weight excluding hydrogens is 286 g/mol. The van der Waals surface area contributed by atoms with Crippen LogP contribution in [0.5, 0.6) is 0 Å². The molecule has 2 heterocycles. The van der Waals surface area contributed by atoms with Gasteiger partial charge < -0.3 is 10.5 Å². The zero-order chi connectivity index (χ0) is 14.4. The van der Waals surface area contributed by atoms with Crippen LogP contribution in [0.25, 0.3) is 0 Å². The number of anilines is 1. The summed E-state index contributed by atoms with van der Waals surface area (Å²) in [7, 11) is -3.55. The minimum Gasteiger partial charge on any atom is -0.375 e. The predicted molar refractivity (Wildman–Crippen MR) is 74.6 cm³/mol. The molecule has 1 saturated heterocycles. The molecule has 2 N–H and O–H groups in total. The standard InChI is InChI=1S/C11H19N3O3S2/c1-7-5-14(6-11(3,4)17-7)19(15,16)9-8(2)13-10(12)18-9/h7H,5-6H2,1-4H3,(H2,12,13). The summed E-state index contributed by atoms with van der Waals surface area (Å²) in [5.74, 6) is 0. The minimum atomic E-state index is -3.55. The van der Waals surface area contributed by atoms with Gasteiger partial charge in [-0.05, 0) is 27.7 Å². The summed E-state index contributed by atoms with van der Waals surface area (Å²) in [6.45, 7) is 7.99. The number of sulfonamides is 1. The first-order valence-corrected chi connectivity index (χ1v) is 8.28. The number of nitrogen functional groups attached to an aromatic ring is 1. The lowest BCUT2D eigenvalue weighted by atomic mass is 10.1. The molecule has 8 heteroatoms. The molecule has 0 saturated carbocycles. The second-order valence-electron chi connectivity index (χ2n) is 5.41. The number of hydrogen-bond donors (Lipinski definition) is 1. The summed E-state index contributed by atoms with van der Waals surface area (Å²) in [6, 6.07) is 0. The van der Waals surface area contributed by atoms with Crippen LogP contribution < -0.4 is 5.73 Å². The van der Waals surface area contributed by atoms with Crippen molar-refractivity contribution in [3.8, 4) is 0 Å². The van der Waals surface area contributed by atoms with E-state index in [4.69, 9.17) is 10.5 Å². The Morgan fingerprint density at radius 1 is 1.53 bits per heavy atom. The number of aromatic nitrogens is 1. The zero-order valence-corrected chi connectivity index (χ0v) is 13.1. The average Bonchev–Trinajstić information content (AvgIpc) is 2.55. The molecule has 0 spiro atoms. The first-order valence-electron chi connectivity index (χ1n) is 6.03. The number of thiazole rings is 1. The Balaban J connectivity index is 2.37. The van der Waals surface area contributed by atoms with E-state index in [2.05, 4.69) is 4.98 Å². The molecular formula is C11H19N3O3S2. The van der Waals surface area contributed by atoms with Gasteiger partial charge in [0.2, 0.25) is 0 Å². The lowest BCUT2D eigenvalue weighted by molar-refractivity contribution is -0.109. The maximum absolute atomic E-state index is 12.6. The van der Waals surface area contributed by atoms with Crippen LogP contribution in [-0.2, 0) is 14.8 Å². The molecule has 0 aliphatic carbocycles. The van der Waals surface area contributed by atoms with Crippen molar-refractivity contribution in [1.29, 1.82) is 0 Å². The molecule has 108 valence electrons. The lowest BCUT2D eigenvalue weighted by Crippen LogP contribution is -2.53. The van der Waals surface area contributed by atoms with Crippen LogP contribution in [0.2, 0.25) is 0 Å². The van der Waals surface area contributed by atoms with Crippen LogP contribution in [0.3, 0.4) is 0 Å². The Kier molecular flexibility index (Phi) is 3.63. The van der Waals surface area contributed by atoms with Crippen LogP contribution in [-0.4, -0.2) is 42.5 Å². The molecule has 6 nitrogen and oxygen atoms in total. The minimum absolute atomic E-state index is 0.135. The third-order valence-corrected chi connectivity index (χ3v) is 6.27. The van der Waals surface area contributed by atoms with Crippen molar-refractivity contribution >= 4 is 26.5 Å². The maximum atomic E-state index is 12.6. The van der Waals surface area contributed by atoms with Gasteiger partial charge in [0, 0.05) is 13.1 Å². The Bertz CT molecular complexity index is 580. The Morgan fingerprint density at radius 3 is 2.63 bits per heavy atom. The highest BCUT2D eigenvalue weighted by molar-refractivity contribution is 7.91. The van der Waals surface area contributed by atoms with Gasteiger partial charge in [-0.25, -0.2) is 13.4 Å². The first-order chi connectivity index (χ1) is 8.62. The van der Waals surface area contributed by atoms with E-state index in [9.17, 15) is 8.42 Å².